The number of benzene rings is 1. The summed E-state index contributed by atoms with van der Waals surface area (Å²) >= 11 is 6.15. The molecule has 0 saturated heterocycles. The van der Waals surface area contributed by atoms with Crippen LogP contribution in [0.5, 0.6) is 5.75 Å². The van der Waals surface area contributed by atoms with Crippen LogP contribution in [0.1, 0.15) is 23.1 Å². The number of hydrogen-bond acceptors (Lipinski definition) is 3. The third kappa shape index (κ3) is 2.91. The first-order valence-corrected chi connectivity index (χ1v) is 6.40. The third-order valence-corrected chi connectivity index (χ3v) is 3.40. The molecule has 1 N–H and O–H groups in total. The average molecular weight is 281 g/mol. The van der Waals surface area contributed by atoms with Crippen molar-refractivity contribution in [3.8, 4) is 5.75 Å². The Labute approximate surface area is 117 Å². The molecule has 4 nitrogen and oxygen atoms in total. The number of nitrogens with zero attached hydrogens (tertiary/aromatic N) is 2. The van der Waals surface area contributed by atoms with E-state index in [9.17, 15) is 5.11 Å². The zero-order valence-corrected chi connectivity index (χ0v) is 12.0. The highest BCUT2D eigenvalue weighted by Gasteiger charge is 2.19. The lowest BCUT2D eigenvalue weighted by molar-refractivity contribution is 0.171. The van der Waals surface area contributed by atoms with Crippen LogP contribution in [-0.2, 0) is 13.5 Å². The van der Waals surface area contributed by atoms with Gasteiger partial charge in [-0.2, -0.15) is 5.10 Å². The van der Waals surface area contributed by atoms with Crippen LogP contribution in [0.2, 0.25) is 5.02 Å². The molecule has 2 rings (SSSR count). The Morgan fingerprint density at radius 1 is 1.47 bits per heavy atom. The Hall–Kier alpha value is -1.52. The first kappa shape index (κ1) is 13.9. The Balaban J connectivity index is 2.30. The minimum Gasteiger partial charge on any atom is -0.496 e. The van der Waals surface area contributed by atoms with Gasteiger partial charge < -0.3 is 9.84 Å². The molecule has 1 heterocycles. The fourth-order valence-electron chi connectivity index (χ4n) is 2.17. The summed E-state index contributed by atoms with van der Waals surface area (Å²) in [5.74, 6) is 0.596. The molecule has 19 heavy (non-hydrogen) atoms. The van der Waals surface area contributed by atoms with E-state index in [-0.39, 0.29) is 0 Å². The minimum absolute atomic E-state index is 0.442. The van der Waals surface area contributed by atoms with Crippen molar-refractivity contribution >= 4 is 11.6 Å². The van der Waals surface area contributed by atoms with Gasteiger partial charge in [0, 0.05) is 24.7 Å². The smallest absolute Gasteiger partial charge is 0.126 e. The van der Waals surface area contributed by atoms with E-state index in [1.54, 1.807) is 30.0 Å². The van der Waals surface area contributed by atoms with Gasteiger partial charge in [-0.25, -0.2) is 0 Å². The van der Waals surface area contributed by atoms with Crippen LogP contribution >= 0.6 is 11.6 Å². The summed E-state index contributed by atoms with van der Waals surface area (Å²) in [5, 5.41) is 15.2. The van der Waals surface area contributed by atoms with Crippen LogP contribution in [-0.4, -0.2) is 22.0 Å². The standard InChI is InChI=1S/C14H17ClN2O2/c1-9-7-10(17(2)16-9)8-12(18)14-11(15)5-4-6-13(14)19-3/h4-7,12,18H,8H2,1-3H3. The number of methoxy groups -OCH3 is 1. The average Bonchev–Trinajstić information content (AvgIpc) is 2.67. The lowest BCUT2D eigenvalue weighted by Gasteiger charge is -2.16. The summed E-state index contributed by atoms with van der Waals surface area (Å²) in [7, 11) is 3.43. The normalized spacial score (nSPS) is 12.5. The Morgan fingerprint density at radius 2 is 2.21 bits per heavy atom. The van der Waals surface area contributed by atoms with Crippen LogP contribution in [0.3, 0.4) is 0 Å². The summed E-state index contributed by atoms with van der Waals surface area (Å²) in [6.07, 6.45) is -0.282. The van der Waals surface area contributed by atoms with Gasteiger partial charge in [-0.3, -0.25) is 4.68 Å². The van der Waals surface area contributed by atoms with Gasteiger partial charge in [-0.15, -0.1) is 0 Å². The van der Waals surface area contributed by atoms with E-state index in [2.05, 4.69) is 5.10 Å². The molecule has 1 atom stereocenters. The van der Waals surface area contributed by atoms with Crippen LogP contribution in [0, 0.1) is 6.92 Å². The van der Waals surface area contributed by atoms with Gasteiger partial charge in [0.2, 0.25) is 0 Å². The zero-order valence-electron chi connectivity index (χ0n) is 11.2. The van der Waals surface area contributed by atoms with Crippen LogP contribution in [0.25, 0.3) is 0 Å². The number of aromatic nitrogens is 2. The van der Waals surface area contributed by atoms with Crippen molar-refractivity contribution < 1.29 is 9.84 Å². The molecule has 0 fully saturated rings. The highest BCUT2D eigenvalue weighted by molar-refractivity contribution is 6.31. The van der Waals surface area contributed by atoms with Crippen molar-refractivity contribution in [2.24, 2.45) is 7.05 Å². The van der Waals surface area contributed by atoms with E-state index in [4.69, 9.17) is 16.3 Å². The zero-order chi connectivity index (χ0) is 14.0. The molecule has 5 heteroatoms. The SMILES string of the molecule is COc1cccc(Cl)c1C(O)Cc1cc(C)nn1C. The lowest BCUT2D eigenvalue weighted by Crippen LogP contribution is -2.08. The predicted molar refractivity (Wildman–Crippen MR) is 74.6 cm³/mol. The van der Waals surface area contributed by atoms with Crippen molar-refractivity contribution in [3.05, 3.63) is 46.2 Å². The summed E-state index contributed by atoms with van der Waals surface area (Å²) in [6.45, 7) is 1.92. The molecule has 0 aliphatic carbocycles. The Kier molecular flexibility index (Phi) is 4.12. The van der Waals surface area contributed by atoms with E-state index in [0.717, 1.165) is 11.4 Å². The van der Waals surface area contributed by atoms with Crippen molar-refractivity contribution in [2.45, 2.75) is 19.4 Å². The third-order valence-electron chi connectivity index (χ3n) is 3.07. The first-order valence-electron chi connectivity index (χ1n) is 6.03. The summed E-state index contributed by atoms with van der Waals surface area (Å²) in [6, 6.07) is 7.29. The maximum Gasteiger partial charge on any atom is 0.126 e. The first-order chi connectivity index (χ1) is 9.02. The van der Waals surface area contributed by atoms with Gasteiger partial charge in [0.1, 0.15) is 5.75 Å². The number of aliphatic hydroxyl groups is 1. The van der Waals surface area contributed by atoms with Gasteiger partial charge in [0.25, 0.3) is 0 Å². The monoisotopic (exact) mass is 280 g/mol. The molecular weight excluding hydrogens is 264 g/mol. The molecule has 0 aliphatic heterocycles. The van der Waals surface area contributed by atoms with E-state index in [1.807, 2.05) is 20.0 Å². The molecule has 1 unspecified atom stereocenters. The van der Waals surface area contributed by atoms with Crippen molar-refractivity contribution in [1.82, 2.24) is 9.78 Å². The predicted octanol–water partition coefficient (Wildman–Crippen LogP) is 2.67. The number of aliphatic hydroxyl groups excluding tert-OH is 1. The van der Waals surface area contributed by atoms with Crippen molar-refractivity contribution in [1.29, 1.82) is 0 Å². The van der Waals surface area contributed by atoms with Crippen LogP contribution in [0.15, 0.2) is 24.3 Å². The van der Waals surface area contributed by atoms with E-state index < -0.39 is 6.10 Å². The molecule has 0 saturated carbocycles. The number of halogens is 1. The van der Waals surface area contributed by atoms with Crippen molar-refractivity contribution in [3.63, 3.8) is 0 Å². The largest absolute Gasteiger partial charge is 0.496 e. The van der Waals surface area contributed by atoms with E-state index >= 15 is 0 Å². The van der Waals surface area contributed by atoms with Gasteiger partial charge in [0.15, 0.2) is 0 Å². The highest BCUT2D eigenvalue weighted by atomic mass is 35.5. The van der Waals surface area contributed by atoms with Crippen molar-refractivity contribution in [2.75, 3.05) is 7.11 Å². The van der Waals surface area contributed by atoms with E-state index in [0.29, 0.717) is 22.8 Å². The quantitative estimate of drug-likeness (QED) is 0.937. The molecule has 0 amide bonds. The molecule has 0 spiro atoms. The molecule has 2 aromatic rings. The Morgan fingerprint density at radius 3 is 2.79 bits per heavy atom. The molecule has 102 valence electrons. The van der Waals surface area contributed by atoms with Gasteiger partial charge in [-0.05, 0) is 25.1 Å². The molecule has 0 radical (unpaired) electrons. The molecule has 1 aromatic heterocycles. The fourth-order valence-corrected chi connectivity index (χ4v) is 2.47. The molecule has 1 aromatic carbocycles. The summed E-state index contributed by atoms with van der Waals surface area (Å²) in [5.41, 5.74) is 2.49. The van der Waals surface area contributed by atoms with Crippen LogP contribution in [0.4, 0.5) is 0 Å². The van der Waals surface area contributed by atoms with Gasteiger partial charge >= 0.3 is 0 Å². The summed E-state index contributed by atoms with van der Waals surface area (Å²) < 4.78 is 7.02. The number of aryl methyl sites for hydroxylation is 2. The maximum absolute atomic E-state index is 10.4. The van der Waals surface area contributed by atoms with Crippen LogP contribution < -0.4 is 4.74 Å². The number of hydrogen-bond donors (Lipinski definition) is 1. The van der Waals surface area contributed by atoms with E-state index in [1.165, 1.54) is 0 Å². The highest BCUT2D eigenvalue weighted by Crippen LogP contribution is 2.33. The summed E-state index contributed by atoms with van der Waals surface area (Å²) in [4.78, 5) is 0. The Bertz CT molecular complexity index is 581. The fraction of sp³-hybridized carbons (Fsp3) is 0.357. The second kappa shape index (κ2) is 5.63. The second-order valence-electron chi connectivity index (χ2n) is 4.48. The number of rotatable bonds is 4. The molecule has 0 bridgehead atoms. The topological polar surface area (TPSA) is 47.3 Å². The second-order valence-corrected chi connectivity index (χ2v) is 4.88. The molecular formula is C14H17ClN2O2. The molecule has 0 aliphatic rings. The maximum atomic E-state index is 10.4. The van der Waals surface area contributed by atoms with Gasteiger partial charge in [-0.1, -0.05) is 17.7 Å². The number of ether oxygens (including phenoxy) is 1. The van der Waals surface area contributed by atoms with Gasteiger partial charge in [0.05, 0.1) is 23.9 Å². The lowest BCUT2D eigenvalue weighted by atomic mass is 10.0. The minimum atomic E-state index is -0.724.